The molecule has 0 aliphatic heterocycles. The monoisotopic (exact) mass is 434 g/mol. The van der Waals surface area contributed by atoms with Crippen molar-refractivity contribution >= 4 is 34.5 Å². The molecular weight excluding hydrogens is 408 g/mol. The van der Waals surface area contributed by atoms with Crippen LogP contribution in [0.1, 0.15) is 39.0 Å². The number of carbonyl (C=O) groups is 1. The van der Waals surface area contributed by atoms with Gasteiger partial charge >= 0.3 is 0 Å². The van der Waals surface area contributed by atoms with E-state index in [-0.39, 0.29) is 11.3 Å². The van der Waals surface area contributed by atoms with Gasteiger partial charge in [-0.3, -0.25) is 4.79 Å². The maximum atomic E-state index is 11.3. The third kappa shape index (κ3) is 4.27. The Kier molecular flexibility index (Phi) is 5.33. The Morgan fingerprint density at radius 3 is 2.62 bits per heavy atom. The minimum atomic E-state index is -0.191. The van der Waals surface area contributed by atoms with Gasteiger partial charge in [0.15, 0.2) is 5.82 Å². The number of carbonyl (C=O) groups excluding carboxylic acids is 1. The van der Waals surface area contributed by atoms with Crippen LogP contribution in [0.15, 0.2) is 41.1 Å². The molecule has 0 fully saturated rings. The Morgan fingerprint density at radius 1 is 1.16 bits per heavy atom. The summed E-state index contributed by atoms with van der Waals surface area (Å²) in [6.07, 6.45) is 1.59. The zero-order valence-corrected chi connectivity index (χ0v) is 19.0. The summed E-state index contributed by atoms with van der Waals surface area (Å²) in [5, 5.41) is 10.0. The van der Waals surface area contributed by atoms with E-state index in [1.165, 1.54) is 6.92 Å². The van der Waals surface area contributed by atoms with Gasteiger partial charge in [-0.05, 0) is 25.1 Å². The molecule has 0 saturated heterocycles. The molecule has 1 aromatic carbocycles. The molecule has 4 rings (SSSR count). The minimum Gasteiger partial charge on any atom is -0.457 e. The number of rotatable bonds is 5. The quantitative estimate of drug-likeness (QED) is 0.452. The van der Waals surface area contributed by atoms with E-state index in [1.807, 2.05) is 36.7 Å². The Morgan fingerprint density at radius 2 is 1.94 bits per heavy atom. The first-order chi connectivity index (χ1) is 15.1. The first kappa shape index (κ1) is 21.4. The minimum absolute atomic E-state index is 0.130. The lowest BCUT2D eigenvalue weighted by Crippen LogP contribution is -2.09. The van der Waals surface area contributed by atoms with Crippen LogP contribution in [0.5, 0.6) is 11.5 Å². The molecule has 1 amide bonds. The van der Waals surface area contributed by atoms with Crippen molar-refractivity contribution in [2.24, 2.45) is 7.05 Å². The smallest absolute Gasteiger partial charge is 0.222 e. The van der Waals surface area contributed by atoms with E-state index < -0.39 is 0 Å². The summed E-state index contributed by atoms with van der Waals surface area (Å²) < 4.78 is 13.5. The number of hydrogen-bond acceptors (Lipinski definition) is 7. The van der Waals surface area contributed by atoms with E-state index in [2.05, 4.69) is 41.5 Å². The van der Waals surface area contributed by atoms with Gasteiger partial charge in [0, 0.05) is 43.3 Å². The molecule has 0 spiro atoms. The van der Waals surface area contributed by atoms with Crippen molar-refractivity contribution in [2.75, 3.05) is 10.6 Å². The number of aromatic nitrogens is 4. The summed E-state index contributed by atoms with van der Waals surface area (Å²) >= 11 is 0. The van der Waals surface area contributed by atoms with Gasteiger partial charge in [-0.1, -0.05) is 25.9 Å². The van der Waals surface area contributed by atoms with Crippen molar-refractivity contribution in [1.82, 2.24) is 19.7 Å². The van der Waals surface area contributed by atoms with Gasteiger partial charge in [0.05, 0.1) is 11.0 Å². The molecule has 0 aliphatic carbocycles. The topological polar surface area (TPSA) is 107 Å². The zero-order valence-electron chi connectivity index (χ0n) is 19.0. The number of imidazole rings is 1. The largest absolute Gasteiger partial charge is 0.457 e. The number of benzene rings is 1. The van der Waals surface area contributed by atoms with E-state index in [0.717, 1.165) is 22.4 Å². The van der Waals surface area contributed by atoms with E-state index >= 15 is 0 Å². The molecule has 0 aliphatic rings. The molecule has 4 aromatic rings. The fourth-order valence-electron chi connectivity index (χ4n) is 3.35. The van der Waals surface area contributed by atoms with Gasteiger partial charge in [0.1, 0.15) is 23.1 Å². The number of aryl methyl sites for hydroxylation is 2. The number of nitrogens with one attached hydrogen (secondary N) is 2. The van der Waals surface area contributed by atoms with E-state index in [9.17, 15) is 4.79 Å². The lowest BCUT2D eigenvalue weighted by molar-refractivity contribution is -0.114. The zero-order chi connectivity index (χ0) is 23.0. The normalized spacial score (nSPS) is 11.6. The molecular formula is C23H26N6O3. The Bertz CT molecular complexity index is 1300. The summed E-state index contributed by atoms with van der Waals surface area (Å²) in [4.78, 5) is 20.1. The lowest BCUT2D eigenvalue weighted by atomic mass is 9.93. The second-order valence-electron chi connectivity index (χ2n) is 8.66. The van der Waals surface area contributed by atoms with Gasteiger partial charge < -0.3 is 24.5 Å². The Hall–Kier alpha value is -3.88. The first-order valence-corrected chi connectivity index (χ1v) is 10.2. The molecule has 32 heavy (non-hydrogen) atoms. The third-order valence-electron chi connectivity index (χ3n) is 4.99. The highest BCUT2D eigenvalue weighted by Crippen LogP contribution is 2.33. The molecule has 0 bridgehead atoms. The predicted octanol–water partition coefficient (Wildman–Crippen LogP) is 5.06. The molecule has 0 saturated carbocycles. The summed E-state index contributed by atoms with van der Waals surface area (Å²) in [7, 11) is 1.93. The molecule has 2 N–H and O–H groups in total. The van der Waals surface area contributed by atoms with Crippen molar-refractivity contribution in [3.63, 3.8) is 0 Å². The molecule has 0 unspecified atom stereocenters. The van der Waals surface area contributed by atoms with Gasteiger partial charge in [0.25, 0.3) is 0 Å². The van der Waals surface area contributed by atoms with Crippen LogP contribution in [0.3, 0.4) is 0 Å². The standard InChI is InChI=1S/C23H26N6O3/c1-13-17(31-15-9-10-24-19(11-15)25-14(2)30)8-7-16-21(13)29(6)22(26-16)27-20-12-18(32-28-20)23(3,4)5/h7-12H,1-6H3,(H,24,25,30)(H,26,27,28). The van der Waals surface area contributed by atoms with Gasteiger partial charge in [-0.25, -0.2) is 9.97 Å². The van der Waals surface area contributed by atoms with Crippen molar-refractivity contribution in [3.05, 3.63) is 47.9 Å². The maximum Gasteiger partial charge on any atom is 0.222 e. The number of ether oxygens (including phenoxy) is 1. The van der Waals surface area contributed by atoms with Crippen LogP contribution in [0, 0.1) is 6.92 Å². The summed E-state index contributed by atoms with van der Waals surface area (Å²) in [6, 6.07) is 9.08. The van der Waals surface area contributed by atoms with E-state index in [1.54, 1.807) is 18.3 Å². The SMILES string of the molecule is CC(=O)Nc1cc(Oc2ccc3nc(Nc4cc(C(C)(C)C)on4)n(C)c3c2C)ccn1. The van der Waals surface area contributed by atoms with Crippen molar-refractivity contribution in [3.8, 4) is 11.5 Å². The average molecular weight is 435 g/mol. The Labute approximate surface area is 185 Å². The molecule has 9 heteroatoms. The van der Waals surface area contributed by atoms with Crippen molar-refractivity contribution in [1.29, 1.82) is 0 Å². The molecule has 3 aromatic heterocycles. The lowest BCUT2D eigenvalue weighted by Gasteiger charge is -2.12. The predicted molar refractivity (Wildman–Crippen MR) is 123 cm³/mol. The average Bonchev–Trinajstić information content (AvgIpc) is 3.30. The number of hydrogen-bond donors (Lipinski definition) is 2. The fourth-order valence-corrected chi connectivity index (χ4v) is 3.35. The Balaban J connectivity index is 1.62. The van der Waals surface area contributed by atoms with Crippen LogP contribution in [0.4, 0.5) is 17.6 Å². The molecule has 9 nitrogen and oxygen atoms in total. The van der Waals surface area contributed by atoms with Crippen LogP contribution < -0.4 is 15.4 Å². The summed E-state index contributed by atoms with van der Waals surface area (Å²) in [5.74, 6) is 3.54. The maximum absolute atomic E-state index is 11.3. The van der Waals surface area contributed by atoms with Gasteiger partial charge in [-0.15, -0.1) is 0 Å². The number of amides is 1. The summed E-state index contributed by atoms with van der Waals surface area (Å²) in [5.41, 5.74) is 2.56. The highest BCUT2D eigenvalue weighted by atomic mass is 16.5. The third-order valence-corrected chi connectivity index (χ3v) is 4.99. The van der Waals surface area contributed by atoms with Crippen LogP contribution in [-0.4, -0.2) is 25.6 Å². The number of nitrogens with zero attached hydrogens (tertiary/aromatic N) is 4. The molecule has 3 heterocycles. The van der Waals surface area contributed by atoms with Gasteiger partial charge in [0.2, 0.25) is 11.9 Å². The van der Waals surface area contributed by atoms with Gasteiger partial charge in [-0.2, -0.15) is 0 Å². The van der Waals surface area contributed by atoms with Crippen LogP contribution in [-0.2, 0) is 17.3 Å². The molecule has 0 radical (unpaired) electrons. The fraction of sp³-hybridized carbons (Fsp3) is 0.304. The van der Waals surface area contributed by atoms with Crippen molar-refractivity contribution < 1.29 is 14.1 Å². The summed E-state index contributed by atoms with van der Waals surface area (Å²) in [6.45, 7) is 9.62. The first-order valence-electron chi connectivity index (χ1n) is 10.2. The van der Waals surface area contributed by atoms with Crippen LogP contribution >= 0.6 is 0 Å². The number of anilines is 3. The highest BCUT2D eigenvalue weighted by Gasteiger charge is 2.21. The second kappa shape index (κ2) is 7.99. The number of fused-ring (bicyclic) bond motifs is 1. The second-order valence-corrected chi connectivity index (χ2v) is 8.66. The van der Waals surface area contributed by atoms with Crippen molar-refractivity contribution in [2.45, 2.75) is 40.0 Å². The number of pyridine rings is 1. The van der Waals surface area contributed by atoms with Crippen LogP contribution in [0.25, 0.3) is 11.0 Å². The van der Waals surface area contributed by atoms with Crippen LogP contribution in [0.2, 0.25) is 0 Å². The molecule has 166 valence electrons. The van der Waals surface area contributed by atoms with E-state index in [0.29, 0.717) is 29.1 Å². The molecule has 0 atom stereocenters. The highest BCUT2D eigenvalue weighted by molar-refractivity contribution is 5.88. The van der Waals surface area contributed by atoms with E-state index in [4.69, 9.17) is 14.2 Å².